The van der Waals surface area contributed by atoms with E-state index in [2.05, 4.69) is 28.2 Å². The molecule has 0 aromatic rings. The van der Waals surface area contributed by atoms with Gasteiger partial charge in [-0.1, -0.05) is 13.3 Å². The van der Waals surface area contributed by atoms with Crippen LogP contribution in [0.5, 0.6) is 0 Å². The summed E-state index contributed by atoms with van der Waals surface area (Å²) in [6, 6.07) is 6.06. The third-order valence-corrected chi connectivity index (χ3v) is 8.52. The zero-order valence-corrected chi connectivity index (χ0v) is 17.4. The van der Waals surface area contributed by atoms with Gasteiger partial charge in [0.05, 0.1) is 0 Å². The predicted octanol–water partition coefficient (Wildman–Crippen LogP) is 3.07. The van der Waals surface area contributed by atoms with Crippen LogP contribution in [0.25, 0.3) is 0 Å². The van der Waals surface area contributed by atoms with Crippen LogP contribution in [0.3, 0.4) is 0 Å². The van der Waals surface area contributed by atoms with Gasteiger partial charge in [0.2, 0.25) is 0 Å². The summed E-state index contributed by atoms with van der Waals surface area (Å²) in [4.78, 5) is 0. The highest BCUT2D eigenvalue weighted by Gasteiger charge is 2.39. The molecule has 4 heteroatoms. The normalized spacial score (nSPS) is 50.3. The maximum absolute atomic E-state index is 4.11. The van der Waals surface area contributed by atoms with Crippen LogP contribution in [0.2, 0.25) is 0 Å². The van der Waals surface area contributed by atoms with E-state index in [9.17, 15) is 0 Å². The Morgan fingerprint density at radius 2 is 0.963 bits per heavy atom. The van der Waals surface area contributed by atoms with Crippen LogP contribution in [-0.2, 0) is 0 Å². The molecule has 5 fully saturated rings. The van der Waals surface area contributed by atoms with Gasteiger partial charge in [-0.25, -0.2) is 0 Å². The summed E-state index contributed by atoms with van der Waals surface area (Å²) in [6.45, 7) is 2.37. The molecular formula is C23H42N4. The van der Waals surface area contributed by atoms with Crippen LogP contribution in [0, 0.1) is 5.92 Å². The fraction of sp³-hybridized carbons (Fsp3) is 1.00. The predicted molar refractivity (Wildman–Crippen MR) is 112 cm³/mol. The molecule has 154 valence electrons. The molecule has 4 nitrogen and oxygen atoms in total. The molecule has 0 spiro atoms. The van der Waals surface area contributed by atoms with Crippen molar-refractivity contribution in [3.05, 3.63) is 0 Å². The molecule has 5 aliphatic heterocycles. The molecule has 0 radical (unpaired) electrons. The molecule has 0 saturated carbocycles. The van der Waals surface area contributed by atoms with Crippen molar-refractivity contribution in [3.8, 4) is 0 Å². The quantitative estimate of drug-likeness (QED) is 0.600. The lowest BCUT2D eigenvalue weighted by atomic mass is 9.89. The Morgan fingerprint density at radius 1 is 0.519 bits per heavy atom. The summed E-state index contributed by atoms with van der Waals surface area (Å²) >= 11 is 0. The molecule has 0 aromatic carbocycles. The number of nitrogens with one attached hydrogen (secondary N) is 4. The maximum Gasteiger partial charge on any atom is 0.0113 e. The molecular weight excluding hydrogens is 332 g/mol. The Bertz CT molecular complexity index is 497. The van der Waals surface area contributed by atoms with Gasteiger partial charge in [-0.3, -0.25) is 0 Å². The Labute approximate surface area is 166 Å². The second-order valence-electron chi connectivity index (χ2n) is 10.6. The van der Waals surface area contributed by atoms with E-state index in [1.165, 1.54) is 83.5 Å². The smallest absolute Gasteiger partial charge is 0.0113 e. The molecule has 9 atom stereocenters. The molecule has 5 saturated heterocycles. The zero-order chi connectivity index (χ0) is 18.2. The van der Waals surface area contributed by atoms with Gasteiger partial charge in [0, 0.05) is 48.3 Å². The standard InChI is InChI=1S/C23H42N4/c1-2-3-15-10-22-13-20-7-6-18(25-20)11-16-4-5-17(24-16)12-19-8-9-21(26-19)14-23(15)27-22/h15-27H,2-14H2,1H3. The van der Waals surface area contributed by atoms with E-state index >= 15 is 0 Å². The second-order valence-corrected chi connectivity index (χ2v) is 10.6. The molecule has 5 rings (SSSR count). The van der Waals surface area contributed by atoms with E-state index in [0.29, 0.717) is 0 Å². The lowest BCUT2D eigenvalue weighted by Crippen LogP contribution is -2.43. The fourth-order valence-electron chi connectivity index (χ4n) is 7.31. The minimum absolute atomic E-state index is 0.752. The monoisotopic (exact) mass is 374 g/mol. The molecule has 8 bridgehead atoms. The molecule has 5 heterocycles. The van der Waals surface area contributed by atoms with Crippen molar-refractivity contribution >= 4 is 0 Å². The first-order chi connectivity index (χ1) is 13.2. The topological polar surface area (TPSA) is 48.1 Å². The van der Waals surface area contributed by atoms with E-state index in [1.54, 1.807) is 0 Å². The maximum atomic E-state index is 4.11. The molecule has 0 aliphatic carbocycles. The summed E-state index contributed by atoms with van der Waals surface area (Å²) in [5, 5.41) is 16.2. The minimum Gasteiger partial charge on any atom is -0.311 e. The van der Waals surface area contributed by atoms with E-state index < -0.39 is 0 Å². The summed E-state index contributed by atoms with van der Waals surface area (Å²) in [5.41, 5.74) is 0. The van der Waals surface area contributed by atoms with Gasteiger partial charge in [0.25, 0.3) is 0 Å². The van der Waals surface area contributed by atoms with E-state index in [1.807, 2.05) is 0 Å². The molecule has 9 unspecified atom stereocenters. The van der Waals surface area contributed by atoms with Crippen molar-refractivity contribution in [2.45, 2.75) is 139 Å². The Balaban J connectivity index is 1.28. The van der Waals surface area contributed by atoms with Crippen LogP contribution in [0.1, 0.15) is 90.4 Å². The molecule has 4 N–H and O–H groups in total. The average molecular weight is 375 g/mol. The van der Waals surface area contributed by atoms with Crippen LogP contribution < -0.4 is 21.3 Å². The van der Waals surface area contributed by atoms with Crippen molar-refractivity contribution in [3.63, 3.8) is 0 Å². The van der Waals surface area contributed by atoms with Crippen LogP contribution in [-0.4, -0.2) is 48.3 Å². The van der Waals surface area contributed by atoms with Gasteiger partial charge in [0.15, 0.2) is 0 Å². The van der Waals surface area contributed by atoms with Gasteiger partial charge in [-0.2, -0.15) is 0 Å². The second kappa shape index (κ2) is 8.30. The van der Waals surface area contributed by atoms with Crippen molar-refractivity contribution in [2.75, 3.05) is 0 Å². The summed E-state index contributed by atoms with van der Waals surface area (Å²) in [5.74, 6) is 0.909. The van der Waals surface area contributed by atoms with Crippen molar-refractivity contribution in [1.29, 1.82) is 0 Å². The number of hydrogen-bond acceptors (Lipinski definition) is 4. The SMILES string of the molecule is CCCC1CC2CC3CCC(CC4CCC(CC5CCC(CC1N2)N5)N4)N3. The highest BCUT2D eigenvalue weighted by Crippen LogP contribution is 2.34. The van der Waals surface area contributed by atoms with Gasteiger partial charge < -0.3 is 21.3 Å². The molecule has 0 aromatic heterocycles. The third kappa shape index (κ3) is 4.39. The molecule has 27 heavy (non-hydrogen) atoms. The van der Waals surface area contributed by atoms with Crippen molar-refractivity contribution in [1.82, 2.24) is 21.3 Å². The van der Waals surface area contributed by atoms with Gasteiger partial charge in [-0.15, -0.1) is 0 Å². The van der Waals surface area contributed by atoms with Crippen molar-refractivity contribution in [2.24, 2.45) is 5.92 Å². The first kappa shape index (κ1) is 18.8. The Kier molecular flexibility index (Phi) is 5.79. The number of hydrogen-bond donors (Lipinski definition) is 4. The Morgan fingerprint density at radius 3 is 1.44 bits per heavy atom. The first-order valence-electron chi connectivity index (χ1n) is 12.3. The average Bonchev–Trinajstić information content (AvgIpc) is 3.41. The van der Waals surface area contributed by atoms with Gasteiger partial charge in [-0.05, 0) is 83.0 Å². The lowest BCUT2D eigenvalue weighted by Gasteiger charge is -2.25. The molecule has 5 aliphatic rings. The van der Waals surface area contributed by atoms with Crippen LogP contribution in [0.4, 0.5) is 0 Å². The summed E-state index contributed by atoms with van der Waals surface area (Å²) in [7, 11) is 0. The van der Waals surface area contributed by atoms with Gasteiger partial charge in [0.1, 0.15) is 0 Å². The molecule has 0 amide bonds. The number of rotatable bonds is 2. The van der Waals surface area contributed by atoms with E-state index in [4.69, 9.17) is 0 Å². The largest absolute Gasteiger partial charge is 0.311 e. The third-order valence-electron chi connectivity index (χ3n) is 8.52. The van der Waals surface area contributed by atoms with Crippen LogP contribution in [0.15, 0.2) is 0 Å². The van der Waals surface area contributed by atoms with E-state index in [-0.39, 0.29) is 0 Å². The van der Waals surface area contributed by atoms with E-state index in [0.717, 1.165) is 54.3 Å². The Hall–Kier alpha value is -0.160. The number of fused-ring (bicyclic) bond motifs is 8. The fourth-order valence-corrected chi connectivity index (χ4v) is 7.31. The minimum atomic E-state index is 0.752. The summed E-state index contributed by atoms with van der Waals surface area (Å²) < 4.78 is 0. The summed E-state index contributed by atoms with van der Waals surface area (Å²) in [6.07, 6.45) is 18.0. The van der Waals surface area contributed by atoms with Crippen molar-refractivity contribution < 1.29 is 0 Å². The highest BCUT2D eigenvalue weighted by atomic mass is 15.1. The van der Waals surface area contributed by atoms with Gasteiger partial charge >= 0.3 is 0 Å². The first-order valence-corrected chi connectivity index (χ1v) is 12.3. The van der Waals surface area contributed by atoms with Crippen LogP contribution >= 0.6 is 0 Å². The lowest BCUT2D eigenvalue weighted by molar-refractivity contribution is 0.344. The zero-order valence-electron chi connectivity index (χ0n) is 17.4. The highest BCUT2D eigenvalue weighted by molar-refractivity contribution is 5.00.